The van der Waals surface area contributed by atoms with Crippen molar-refractivity contribution in [3.63, 3.8) is 0 Å². The lowest BCUT2D eigenvalue weighted by Crippen LogP contribution is -2.49. The standard InChI is InChI=1S/C21H20N6O/c1-14-15(2)25-19-12-16(5-6-18(19)24-14)21(28)27-10-8-26(9-11-27)20-17(13-22)4-3-7-23-20/h3-7,12H,8-11H2,1-2H3. The van der Waals surface area contributed by atoms with E-state index in [0.717, 1.165) is 22.4 Å². The molecule has 2 aromatic heterocycles. The van der Waals surface area contributed by atoms with Crippen LogP contribution in [-0.4, -0.2) is 51.9 Å². The Morgan fingerprint density at radius 3 is 2.46 bits per heavy atom. The predicted octanol–water partition coefficient (Wildman–Crippen LogP) is 2.48. The van der Waals surface area contributed by atoms with Crippen molar-refractivity contribution in [2.45, 2.75) is 13.8 Å². The van der Waals surface area contributed by atoms with Gasteiger partial charge in [0, 0.05) is 37.9 Å². The van der Waals surface area contributed by atoms with Crippen LogP contribution in [0.1, 0.15) is 27.3 Å². The molecule has 1 fully saturated rings. The summed E-state index contributed by atoms with van der Waals surface area (Å²) in [4.78, 5) is 30.3. The normalized spacial score (nSPS) is 14.2. The van der Waals surface area contributed by atoms with E-state index in [1.165, 1.54) is 0 Å². The molecule has 0 spiro atoms. The molecule has 0 N–H and O–H groups in total. The fraction of sp³-hybridized carbons (Fsp3) is 0.286. The predicted molar refractivity (Wildman–Crippen MR) is 106 cm³/mol. The van der Waals surface area contributed by atoms with Crippen LogP contribution >= 0.6 is 0 Å². The third-order valence-electron chi connectivity index (χ3n) is 5.10. The fourth-order valence-corrected chi connectivity index (χ4v) is 3.40. The van der Waals surface area contributed by atoms with Crippen molar-refractivity contribution in [2.24, 2.45) is 0 Å². The second kappa shape index (κ2) is 7.24. The zero-order valence-corrected chi connectivity index (χ0v) is 15.9. The molecule has 7 heteroatoms. The number of benzene rings is 1. The van der Waals surface area contributed by atoms with E-state index in [-0.39, 0.29) is 5.91 Å². The van der Waals surface area contributed by atoms with Gasteiger partial charge in [-0.15, -0.1) is 0 Å². The zero-order valence-electron chi connectivity index (χ0n) is 15.9. The highest BCUT2D eigenvalue weighted by Gasteiger charge is 2.24. The summed E-state index contributed by atoms with van der Waals surface area (Å²) < 4.78 is 0. The summed E-state index contributed by atoms with van der Waals surface area (Å²) in [7, 11) is 0. The summed E-state index contributed by atoms with van der Waals surface area (Å²) in [6, 6.07) is 11.2. The molecule has 3 aromatic rings. The second-order valence-corrected chi connectivity index (χ2v) is 6.86. The number of nitriles is 1. The van der Waals surface area contributed by atoms with Crippen molar-refractivity contribution in [3.05, 3.63) is 59.0 Å². The van der Waals surface area contributed by atoms with Gasteiger partial charge in [0.15, 0.2) is 0 Å². The first-order valence-corrected chi connectivity index (χ1v) is 9.21. The molecule has 140 valence electrons. The minimum Gasteiger partial charge on any atom is -0.352 e. The van der Waals surface area contributed by atoms with Crippen LogP contribution in [0, 0.1) is 25.2 Å². The minimum atomic E-state index is -0.0110. The maximum absolute atomic E-state index is 13.0. The summed E-state index contributed by atoms with van der Waals surface area (Å²) in [6.07, 6.45) is 1.69. The lowest BCUT2D eigenvalue weighted by molar-refractivity contribution is 0.0746. The van der Waals surface area contributed by atoms with Crippen LogP contribution in [0.4, 0.5) is 5.82 Å². The average Bonchev–Trinajstić information content (AvgIpc) is 2.74. The van der Waals surface area contributed by atoms with Gasteiger partial charge in [-0.2, -0.15) is 5.26 Å². The van der Waals surface area contributed by atoms with Gasteiger partial charge in [0.25, 0.3) is 5.91 Å². The largest absolute Gasteiger partial charge is 0.352 e. The van der Waals surface area contributed by atoms with Crippen molar-refractivity contribution < 1.29 is 4.79 Å². The number of piperazine rings is 1. The van der Waals surface area contributed by atoms with Gasteiger partial charge in [0.1, 0.15) is 11.9 Å². The minimum absolute atomic E-state index is 0.0110. The third kappa shape index (κ3) is 3.25. The number of carbonyl (C=O) groups is 1. The summed E-state index contributed by atoms with van der Waals surface area (Å²) in [5.74, 6) is 0.673. The first-order chi connectivity index (χ1) is 13.6. The molecule has 28 heavy (non-hydrogen) atoms. The molecule has 1 aliphatic rings. The maximum Gasteiger partial charge on any atom is 0.254 e. The third-order valence-corrected chi connectivity index (χ3v) is 5.10. The molecular weight excluding hydrogens is 352 g/mol. The molecule has 4 rings (SSSR count). The number of aromatic nitrogens is 3. The quantitative estimate of drug-likeness (QED) is 0.687. The molecule has 1 aromatic carbocycles. The van der Waals surface area contributed by atoms with Gasteiger partial charge < -0.3 is 9.80 Å². The van der Waals surface area contributed by atoms with Crippen molar-refractivity contribution in [1.29, 1.82) is 5.26 Å². The Morgan fingerprint density at radius 2 is 1.75 bits per heavy atom. The second-order valence-electron chi connectivity index (χ2n) is 6.86. The summed E-state index contributed by atoms with van der Waals surface area (Å²) in [5.41, 5.74) is 4.47. The molecule has 1 saturated heterocycles. The van der Waals surface area contributed by atoms with Crippen LogP contribution in [0.2, 0.25) is 0 Å². The molecule has 1 aliphatic heterocycles. The Balaban J connectivity index is 1.50. The Bertz CT molecular complexity index is 1100. The van der Waals surface area contributed by atoms with Gasteiger partial charge in [0.2, 0.25) is 0 Å². The number of hydrogen-bond acceptors (Lipinski definition) is 6. The summed E-state index contributed by atoms with van der Waals surface area (Å²) in [6.45, 7) is 6.29. The van der Waals surface area contributed by atoms with E-state index in [1.807, 2.05) is 36.9 Å². The SMILES string of the molecule is Cc1nc2ccc(C(=O)N3CCN(c4ncccc4C#N)CC3)cc2nc1C. The first kappa shape index (κ1) is 17.9. The van der Waals surface area contributed by atoms with Gasteiger partial charge >= 0.3 is 0 Å². The van der Waals surface area contributed by atoms with E-state index >= 15 is 0 Å². The molecule has 0 atom stereocenters. The van der Waals surface area contributed by atoms with Crippen molar-refractivity contribution in [1.82, 2.24) is 19.9 Å². The molecule has 0 aliphatic carbocycles. The number of nitrogens with zero attached hydrogens (tertiary/aromatic N) is 6. The Kier molecular flexibility index (Phi) is 4.62. The van der Waals surface area contributed by atoms with Crippen molar-refractivity contribution in [2.75, 3.05) is 31.1 Å². The smallest absolute Gasteiger partial charge is 0.254 e. The van der Waals surface area contributed by atoms with Gasteiger partial charge in [-0.1, -0.05) is 0 Å². The lowest BCUT2D eigenvalue weighted by atomic mass is 10.1. The Hall–Kier alpha value is -3.53. The van der Waals surface area contributed by atoms with E-state index in [0.29, 0.717) is 43.1 Å². The average molecular weight is 372 g/mol. The van der Waals surface area contributed by atoms with E-state index in [4.69, 9.17) is 0 Å². The summed E-state index contributed by atoms with van der Waals surface area (Å²) in [5, 5.41) is 9.27. The van der Waals surface area contributed by atoms with Gasteiger partial charge in [-0.3, -0.25) is 4.79 Å². The topological polar surface area (TPSA) is 86.0 Å². The van der Waals surface area contributed by atoms with E-state index in [9.17, 15) is 10.1 Å². The van der Waals surface area contributed by atoms with Gasteiger partial charge in [0.05, 0.1) is 28.0 Å². The number of fused-ring (bicyclic) bond motifs is 1. The van der Waals surface area contributed by atoms with Gasteiger partial charge in [-0.05, 0) is 44.2 Å². The van der Waals surface area contributed by atoms with Crippen molar-refractivity contribution >= 4 is 22.8 Å². The fourth-order valence-electron chi connectivity index (χ4n) is 3.40. The van der Waals surface area contributed by atoms with Crippen LogP contribution in [0.5, 0.6) is 0 Å². The van der Waals surface area contributed by atoms with Crippen LogP contribution in [0.3, 0.4) is 0 Å². The molecule has 0 bridgehead atoms. The highest BCUT2D eigenvalue weighted by molar-refractivity contribution is 5.97. The molecular formula is C21H20N6O. The monoisotopic (exact) mass is 372 g/mol. The number of amides is 1. The van der Waals surface area contributed by atoms with Crippen LogP contribution < -0.4 is 4.90 Å². The van der Waals surface area contributed by atoms with Crippen molar-refractivity contribution in [3.8, 4) is 6.07 Å². The molecule has 7 nitrogen and oxygen atoms in total. The number of rotatable bonds is 2. The highest BCUT2D eigenvalue weighted by atomic mass is 16.2. The van der Waals surface area contributed by atoms with Crippen LogP contribution in [-0.2, 0) is 0 Å². The number of anilines is 1. The Morgan fingerprint density at radius 1 is 1.04 bits per heavy atom. The number of carbonyl (C=O) groups excluding carboxylic acids is 1. The van der Waals surface area contributed by atoms with E-state index < -0.39 is 0 Å². The molecule has 0 radical (unpaired) electrons. The number of hydrogen-bond donors (Lipinski definition) is 0. The maximum atomic E-state index is 13.0. The zero-order chi connectivity index (χ0) is 19.7. The Labute approximate surface area is 163 Å². The number of aryl methyl sites for hydroxylation is 2. The van der Waals surface area contributed by atoms with E-state index in [2.05, 4.69) is 25.9 Å². The molecule has 0 saturated carbocycles. The molecule has 3 heterocycles. The highest BCUT2D eigenvalue weighted by Crippen LogP contribution is 2.20. The van der Waals surface area contributed by atoms with Crippen LogP contribution in [0.25, 0.3) is 11.0 Å². The molecule has 1 amide bonds. The summed E-state index contributed by atoms with van der Waals surface area (Å²) >= 11 is 0. The van der Waals surface area contributed by atoms with Crippen LogP contribution in [0.15, 0.2) is 36.5 Å². The van der Waals surface area contributed by atoms with E-state index in [1.54, 1.807) is 18.3 Å². The first-order valence-electron chi connectivity index (χ1n) is 9.21. The van der Waals surface area contributed by atoms with Gasteiger partial charge in [-0.25, -0.2) is 15.0 Å². The number of pyridine rings is 1. The lowest BCUT2D eigenvalue weighted by Gasteiger charge is -2.35. The molecule has 0 unspecified atom stereocenters.